The fourth-order valence-electron chi connectivity index (χ4n) is 4.14. The third-order valence-electron chi connectivity index (χ3n) is 6.68. The van der Waals surface area contributed by atoms with Crippen LogP contribution in [0.4, 0.5) is 0 Å². The average molecular weight is 677 g/mol. The number of amides is 2. The van der Waals surface area contributed by atoms with Gasteiger partial charge >= 0.3 is 11.9 Å². The smallest absolute Gasteiger partial charge is 0.333 e. The van der Waals surface area contributed by atoms with Crippen molar-refractivity contribution < 1.29 is 28.8 Å². The summed E-state index contributed by atoms with van der Waals surface area (Å²) < 4.78 is 5.68. The lowest BCUT2D eigenvalue weighted by atomic mass is 10.1. The van der Waals surface area contributed by atoms with Gasteiger partial charge in [0.25, 0.3) is 11.8 Å². The predicted octanol–water partition coefficient (Wildman–Crippen LogP) is 6.66. The molecule has 230 valence electrons. The number of rotatable bonds is 12. The number of ether oxygens (including phenoxy) is 1. The van der Waals surface area contributed by atoms with Crippen LogP contribution in [0.3, 0.4) is 0 Å². The van der Waals surface area contributed by atoms with Crippen molar-refractivity contribution in [1.82, 2.24) is 5.06 Å². The van der Waals surface area contributed by atoms with Crippen molar-refractivity contribution in [1.29, 1.82) is 5.26 Å². The van der Waals surface area contributed by atoms with E-state index in [0.29, 0.717) is 19.0 Å². The van der Waals surface area contributed by atoms with Crippen molar-refractivity contribution >= 4 is 80.1 Å². The quantitative estimate of drug-likeness (QED) is 0.117. The summed E-state index contributed by atoms with van der Waals surface area (Å²) in [6, 6.07) is 28.2. The van der Waals surface area contributed by atoms with Gasteiger partial charge in [0.05, 0.1) is 20.9 Å². The Bertz CT molecular complexity index is 1610. The molecule has 3 aromatic rings. The van der Waals surface area contributed by atoms with Gasteiger partial charge in [0, 0.05) is 12.8 Å². The topological polar surface area (TPSA) is 114 Å². The van der Waals surface area contributed by atoms with Crippen LogP contribution >= 0.6 is 48.0 Å². The van der Waals surface area contributed by atoms with Gasteiger partial charge in [-0.2, -0.15) is 5.26 Å². The summed E-state index contributed by atoms with van der Waals surface area (Å²) in [5.41, 5.74) is 3.08. The number of hydrogen-bond donors (Lipinski definition) is 0. The molecule has 0 aromatic heterocycles. The van der Waals surface area contributed by atoms with Crippen LogP contribution in [0.2, 0.25) is 0 Å². The second kappa shape index (κ2) is 15.9. The molecule has 1 aliphatic heterocycles. The Morgan fingerprint density at radius 2 is 1.49 bits per heavy atom. The molecule has 0 saturated carbocycles. The van der Waals surface area contributed by atoms with Gasteiger partial charge in [-0.25, -0.2) is 4.79 Å². The first-order chi connectivity index (χ1) is 21.6. The Hall–Kier alpha value is -3.89. The van der Waals surface area contributed by atoms with Gasteiger partial charge in [0.2, 0.25) is 0 Å². The molecule has 1 saturated heterocycles. The Morgan fingerprint density at radius 3 is 2.09 bits per heavy atom. The molecular formula is C33H28N2O6S4. The summed E-state index contributed by atoms with van der Waals surface area (Å²) in [7, 11) is 0. The minimum atomic E-state index is -1.06. The van der Waals surface area contributed by atoms with Crippen LogP contribution in [0, 0.1) is 11.3 Å². The fraction of sp³-hybridized carbons (Fsp3) is 0.242. The van der Waals surface area contributed by atoms with E-state index in [1.807, 2.05) is 60.7 Å². The largest absolute Gasteiger partial charge is 0.460 e. The third kappa shape index (κ3) is 9.55. The second-order valence-electron chi connectivity index (χ2n) is 10.1. The molecule has 1 fully saturated rings. The normalized spacial score (nSPS) is 14.6. The number of imide groups is 1. The number of thiocarbonyl (C=S) groups is 2. The van der Waals surface area contributed by atoms with E-state index in [1.54, 1.807) is 31.2 Å². The minimum Gasteiger partial charge on any atom is -0.460 e. The van der Waals surface area contributed by atoms with Crippen LogP contribution in [0.5, 0.6) is 0 Å². The van der Waals surface area contributed by atoms with Crippen molar-refractivity contribution in [3.8, 4) is 6.07 Å². The lowest BCUT2D eigenvalue weighted by molar-refractivity contribution is -0.197. The lowest BCUT2D eigenvalue weighted by Gasteiger charge is -2.21. The van der Waals surface area contributed by atoms with E-state index in [2.05, 4.69) is 6.07 Å². The first kappa shape index (κ1) is 34.0. The van der Waals surface area contributed by atoms with Crippen molar-refractivity contribution in [2.45, 2.75) is 49.2 Å². The van der Waals surface area contributed by atoms with Crippen molar-refractivity contribution in [2.75, 3.05) is 0 Å². The van der Waals surface area contributed by atoms with Gasteiger partial charge in [-0.3, -0.25) is 14.4 Å². The van der Waals surface area contributed by atoms with Crippen LogP contribution in [0.25, 0.3) is 0 Å². The standard InChI is InChI=1S/C33H28N2O6S4/c1-33(21-34,19-18-28(38)41-35-26(36)16-17-27(35)37)45-32(43)25-14-12-22(13-15-25)20-40-30(39)29(23-8-4-2-5-9-23)44-31(42)24-10-6-3-7-11-24/h2-15,29H,16-20H2,1H3. The van der Waals surface area contributed by atoms with Gasteiger partial charge in [-0.1, -0.05) is 133 Å². The zero-order chi connectivity index (χ0) is 32.4. The summed E-state index contributed by atoms with van der Waals surface area (Å²) in [5.74, 6) is -2.32. The predicted molar refractivity (Wildman–Crippen MR) is 181 cm³/mol. The Labute approximate surface area is 280 Å². The summed E-state index contributed by atoms with van der Waals surface area (Å²) >= 11 is 13.6. The maximum atomic E-state index is 13.3. The third-order valence-corrected chi connectivity index (χ3v) is 10.0. The highest BCUT2D eigenvalue weighted by Crippen LogP contribution is 2.35. The highest BCUT2D eigenvalue weighted by molar-refractivity contribution is 8.24. The van der Waals surface area contributed by atoms with Crippen LogP contribution < -0.4 is 0 Å². The van der Waals surface area contributed by atoms with Gasteiger partial charge < -0.3 is 9.57 Å². The molecule has 2 atom stereocenters. The molecule has 2 amide bonds. The Morgan fingerprint density at radius 1 is 0.911 bits per heavy atom. The Balaban J connectivity index is 1.32. The average Bonchev–Trinajstić information content (AvgIpc) is 3.38. The van der Waals surface area contributed by atoms with E-state index in [-0.39, 0.29) is 32.3 Å². The van der Waals surface area contributed by atoms with Gasteiger partial charge in [0.15, 0.2) is 0 Å². The molecule has 8 nitrogen and oxygen atoms in total. The molecule has 0 spiro atoms. The van der Waals surface area contributed by atoms with E-state index in [9.17, 15) is 24.4 Å². The molecule has 12 heteroatoms. The monoisotopic (exact) mass is 676 g/mol. The number of hydrogen-bond acceptors (Lipinski definition) is 11. The maximum absolute atomic E-state index is 13.3. The molecule has 4 rings (SSSR count). The number of thioether (sulfide) groups is 2. The number of hydroxylamine groups is 2. The number of esters is 1. The molecular weight excluding hydrogens is 649 g/mol. The fourth-order valence-corrected chi connectivity index (χ4v) is 7.11. The zero-order valence-corrected chi connectivity index (χ0v) is 27.4. The molecule has 45 heavy (non-hydrogen) atoms. The van der Waals surface area contributed by atoms with Crippen LogP contribution in [-0.4, -0.2) is 42.0 Å². The Kier molecular flexibility index (Phi) is 12.0. The maximum Gasteiger partial charge on any atom is 0.333 e. The van der Waals surface area contributed by atoms with Crippen LogP contribution in [-0.2, 0) is 35.4 Å². The molecule has 0 aliphatic carbocycles. The zero-order valence-electron chi connectivity index (χ0n) is 24.2. The number of carbonyl (C=O) groups excluding carboxylic acids is 4. The minimum absolute atomic E-state index is 0.00400. The highest BCUT2D eigenvalue weighted by Gasteiger charge is 2.34. The summed E-state index contributed by atoms with van der Waals surface area (Å²) in [5, 5.41) is 9.66. The molecule has 0 radical (unpaired) electrons. The molecule has 1 aliphatic rings. The summed E-state index contributed by atoms with van der Waals surface area (Å²) in [6.07, 6.45) is -0.0842. The number of carbonyl (C=O) groups is 4. The SMILES string of the molecule is CC(C#N)(CCC(=O)ON1C(=O)CCC1=O)SC(=S)c1ccc(COC(=O)C(SC(=S)c2ccccc2)c2ccccc2)cc1. The van der Waals surface area contributed by atoms with Crippen LogP contribution in [0.1, 0.15) is 60.1 Å². The van der Waals surface area contributed by atoms with E-state index in [1.165, 1.54) is 11.8 Å². The van der Waals surface area contributed by atoms with Crippen molar-refractivity contribution in [3.05, 3.63) is 107 Å². The van der Waals surface area contributed by atoms with Gasteiger partial charge in [-0.05, 0) is 35.6 Å². The number of benzene rings is 3. The van der Waals surface area contributed by atoms with E-state index in [0.717, 1.165) is 28.5 Å². The molecule has 0 bridgehead atoms. The number of nitrogens with zero attached hydrogens (tertiary/aromatic N) is 2. The number of nitriles is 1. The van der Waals surface area contributed by atoms with Crippen LogP contribution in [0.15, 0.2) is 84.9 Å². The van der Waals surface area contributed by atoms with Crippen molar-refractivity contribution in [2.24, 2.45) is 0 Å². The molecule has 0 N–H and O–H groups in total. The molecule has 2 unspecified atom stereocenters. The van der Waals surface area contributed by atoms with E-state index >= 15 is 0 Å². The lowest BCUT2D eigenvalue weighted by Crippen LogP contribution is -2.32. The van der Waals surface area contributed by atoms with Gasteiger partial charge in [-0.15, -0.1) is 5.06 Å². The van der Waals surface area contributed by atoms with Crippen molar-refractivity contribution in [3.63, 3.8) is 0 Å². The summed E-state index contributed by atoms with van der Waals surface area (Å²) in [6.45, 7) is 1.70. The molecule has 3 aromatic carbocycles. The first-order valence-electron chi connectivity index (χ1n) is 13.9. The van der Waals surface area contributed by atoms with Gasteiger partial charge in [0.1, 0.15) is 16.6 Å². The van der Waals surface area contributed by atoms with E-state index in [4.69, 9.17) is 34.0 Å². The first-order valence-corrected chi connectivity index (χ1v) is 16.4. The van der Waals surface area contributed by atoms with E-state index < -0.39 is 33.7 Å². The highest BCUT2D eigenvalue weighted by atomic mass is 32.2. The second-order valence-corrected chi connectivity index (χ2v) is 14.1. The molecule has 1 heterocycles. The summed E-state index contributed by atoms with van der Waals surface area (Å²) in [4.78, 5) is 53.7.